The molecule has 0 amide bonds. The molecule has 0 unspecified atom stereocenters. The molecule has 0 radical (unpaired) electrons. The molecular formula is C15H16N2O5S. The highest BCUT2D eigenvalue weighted by molar-refractivity contribution is 7.92. The van der Waals surface area contributed by atoms with Crippen LogP contribution in [0.2, 0.25) is 0 Å². The van der Waals surface area contributed by atoms with Gasteiger partial charge in [-0.1, -0.05) is 32.0 Å². The van der Waals surface area contributed by atoms with Crippen molar-refractivity contribution in [2.45, 2.75) is 24.7 Å². The van der Waals surface area contributed by atoms with Crippen molar-refractivity contribution in [2.75, 3.05) is 4.72 Å². The molecule has 2 N–H and O–H groups in total. The number of nitro groups is 1. The minimum atomic E-state index is -4.01. The standard InChI is InChI=1S/C15H16N2O5S/c1-10(2)12-5-3-4-6-13(12)16-23(21,22)11-7-8-15(18)14(9-11)17(19)20/h3-10,16,18H,1-2H3. The number of nitro benzene ring substituents is 1. The molecule has 0 aromatic heterocycles. The fraction of sp³-hybridized carbons (Fsp3) is 0.200. The average molecular weight is 336 g/mol. The highest BCUT2D eigenvalue weighted by atomic mass is 32.2. The van der Waals surface area contributed by atoms with Crippen LogP contribution in [0.3, 0.4) is 0 Å². The molecule has 0 heterocycles. The van der Waals surface area contributed by atoms with Crippen LogP contribution in [-0.2, 0) is 10.0 Å². The van der Waals surface area contributed by atoms with Gasteiger partial charge >= 0.3 is 5.69 Å². The van der Waals surface area contributed by atoms with Crippen LogP contribution >= 0.6 is 0 Å². The normalized spacial score (nSPS) is 11.4. The molecule has 0 aliphatic heterocycles. The second-order valence-electron chi connectivity index (χ2n) is 5.26. The van der Waals surface area contributed by atoms with Gasteiger partial charge in [0.2, 0.25) is 0 Å². The lowest BCUT2D eigenvalue weighted by atomic mass is 10.0. The number of hydrogen-bond donors (Lipinski definition) is 2. The zero-order valence-corrected chi connectivity index (χ0v) is 13.4. The first-order chi connectivity index (χ1) is 10.7. The maximum absolute atomic E-state index is 12.4. The summed E-state index contributed by atoms with van der Waals surface area (Å²) >= 11 is 0. The van der Waals surface area contributed by atoms with Gasteiger partial charge in [-0.05, 0) is 29.7 Å². The van der Waals surface area contributed by atoms with E-state index in [0.29, 0.717) is 5.69 Å². The molecule has 0 aliphatic rings. The van der Waals surface area contributed by atoms with E-state index in [1.165, 1.54) is 0 Å². The molecule has 23 heavy (non-hydrogen) atoms. The van der Waals surface area contributed by atoms with E-state index in [4.69, 9.17) is 0 Å². The van der Waals surface area contributed by atoms with Gasteiger partial charge in [0.05, 0.1) is 15.5 Å². The zero-order valence-electron chi connectivity index (χ0n) is 12.6. The van der Waals surface area contributed by atoms with Crippen molar-refractivity contribution in [3.8, 4) is 5.75 Å². The molecule has 0 saturated carbocycles. The third-order valence-electron chi connectivity index (χ3n) is 3.28. The van der Waals surface area contributed by atoms with E-state index in [2.05, 4.69) is 4.72 Å². The van der Waals surface area contributed by atoms with Crippen molar-refractivity contribution in [3.63, 3.8) is 0 Å². The zero-order chi connectivity index (χ0) is 17.2. The quantitative estimate of drug-likeness (QED) is 0.643. The Morgan fingerprint density at radius 2 is 1.83 bits per heavy atom. The molecule has 0 fully saturated rings. The average Bonchev–Trinajstić information content (AvgIpc) is 2.47. The molecule has 2 aromatic carbocycles. The topological polar surface area (TPSA) is 110 Å². The Morgan fingerprint density at radius 1 is 1.17 bits per heavy atom. The van der Waals surface area contributed by atoms with Gasteiger partial charge < -0.3 is 5.11 Å². The number of nitrogens with one attached hydrogen (secondary N) is 1. The van der Waals surface area contributed by atoms with Crippen LogP contribution < -0.4 is 4.72 Å². The van der Waals surface area contributed by atoms with Crippen molar-refractivity contribution in [3.05, 3.63) is 58.1 Å². The number of sulfonamides is 1. The fourth-order valence-electron chi connectivity index (χ4n) is 2.11. The molecule has 8 heteroatoms. The van der Waals surface area contributed by atoms with Crippen molar-refractivity contribution in [1.29, 1.82) is 0 Å². The highest BCUT2D eigenvalue weighted by Gasteiger charge is 2.22. The van der Waals surface area contributed by atoms with E-state index in [9.17, 15) is 23.6 Å². The van der Waals surface area contributed by atoms with Gasteiger partial charge in [-0.15, -0.1) is 0 Å². The number of nitrogens with zero attached hydrogens (tertiary/aromatic N) is 1. The van der Waals surface area contributed by atoms with E-state index in [1.54, 1.807) is 18.2 Å². The van der Waals surface area contributed by atoms with Gasteiger partial charge in [-0.3, -0.25) is 14.8 Å². The predicted octanol–water partition coefficient (Wildman–Crippen LogP) is 3.22. The van der Waals surface area contributed by atoms with Gasteiger partial charge in [-0.2, -0.15) is 0 Å². The molecule has 0 saturated heterocycles. The molecule has 122 valence electrons. The fourth-order valence-corrected chi connectivity index (χ4v) is 3.22. The number of phenols is 1. The number of phenolic OH excluding ortho intramolecular Hbond substituents is 1. The number of rotatable bonds is 5. The maximum atomic E-state index is 12.4. The smallest absolute Gasteiger partial charge is 0.312 e. The highest BCUT2D eigenvalue weighted by Crippen LogP contribution is 2.30. The van der Waals surface area contributed by atoms with Gasteiger partial charge in [0.1, 0.15) is 0 Å². The van der Waals surface area contributed by atoms with Crippen LogP contribution in [0.15, 0.2) is 47.4 Å². The second-order valence-corrected chi connectivity index (χ2v) is 6.94. The van der Waals surface area contributed by atoms with Gasteiger partial charge in [0.15, 0.2) is 5.75 Å². The molecule has 2 aromatic rings. The number of aromatic hydroxyl groups is 1. The summed E-state index contributed by atoms with van der Waals surface area (Å²) < 4.78 is 27.3. The maximum Gasteiger partial charge on any atom is 0.312 e. The van der Waals surface area contributed by atoms with Crippen molar-refractivity contribution < 1.29 is 18.4 Å². The molecule has 0 spiro atoms. The Bertz CT molecular complexity index is 847. The van der Waals surface area contributed by atoms with Crippen LogP contribution in [0.25, 0.3) is 0 Å². The minimum absolute atomic E-state index is 0.100. The Hall–Kier alpha value is -2.61. The van der Waals surface area contributed by atoms with Crippen LogP contribution in [-0.4, -0.2) is 18.4 Å². The lowest BCUT2D eigenvalue weighted by molar-refractivity contribution is -0.386. The van der Waals surface area contributed by atoms with Gasteiger partial charge in [0, 0.05) is 6.07 Å². The largest absolute Gasteiger partial charge is 0.502 e. The first kappa shape index (κ1) is 16.8. The molecular weight excluding hydrogens is 320 g/mol. The number of benzene rings is 2. The van der Waals surface area contributed by atoms with E-state index >= 15 is 0 Å². The van der Waals surface area contributed by atoms with Crippen LogP contribution in [0.4, 0.5) is 11.4 Å². The summed E-state index contributed by atoms with van der Waals surface area (Å²) in [7, 11) is -4.01. The summed E-state index contributed by atoms with van der Waals surface area (Å²) in [6.07, 6.45) is 0. The Balaban J connectivity index is 2.45. The number of hydrogen-bond acceptors (Lipinski definition) is 5. The SMILES string of the molecule is CC(C)c1ccccc1NS(=O)(=O)c1ccc(O)c([N+](=O)[O-])c1. The molecule has 2 rings (SSSR count). The summed E-state index contributed by atoms with van der Waals surface area (Å²) in [5, 5.41) is 20.3. The van der Waals surface area contributed by atoms with Crippen LogP contribution in [0, 0.1) is 10.1 Å². The summed E-state index contributed by atoms with van der Waals surface area (Å²) in [4.78, 5) is 9.70. The number of anilines is 1. The molecule has 0 bridgehead atoms. The summed E-state index contributed by atoms with van der Waals surface area (Å²) in [5.41, 5.74) is 0.563. The van der Waals surface area contributed by atoms with Gasteiger partial charge in [-0.25, -0.2) is 8.42 Å². The Kier molecular flexibility index (Phi) is 4.55. The van der Waals surface area contributed by atoms with E-state index in [0.717, 1.165) is 23.8 Å². The summed E-state index contributed by atoms with van der Waals surface area (Å²) in [6.45, 7) is 3.86. The van der Waals surface area contributed by atoms with E-state index in [1.807, 2.05) is 19.9 Å². The van der Waals surface area contributed by atoms with Crippen molar-refractivity contribution >= 4 is 21.4 Å². The predicted molar refractivity (Wildman–Crippen MR) is 86.1 cm³/mol. The molecule has 7 nitrogen and oxygen atoms in total. The first-order valence-electron chi connectivity index (χ1n) is 6.81. The van der Waals surface area contributed by atoms with E-state index < -0.39 is 26.4 Å². The third kappa shape index (κ3) is 3.59. The monoisotopic (exact) mass is 336 g/mol. The van der Waals surface area contributed by atoms with Crippen molar-refractivity contribution in [1.82, 2.24) is 0 Å². The number of para-hydroxylation sites is 1. The third-order valence-corrected chi connectivity index (χ3v) is 4.64. The van der Waals surface area contributed by atoms with Crippen molar-refractivity contribution in [2.24, 2.45) is 0 Å². The summed E-state index contributed by atoms with van der Waals surface area (Å²) in [5.74, 6) is -0.486. The van der Waals surface area contributed by atoms with Gasteiger partial charge in [0.25, 0.3) is 10.0 Å². The van der Waals surface area contributed by atoms with Crippen LogP contribution in [0.1, 0.15) is 25.3 Å². The van der Waals surface area contributed by atoms with Crippen LogP contribution in [0.5, 0.6) is 5.75 Å². The molecule has 0 aliphatic carbocycles. The Morgan fingerprint density at radius 3 is 2.43 bits per heavy atom. The lowest BCUT2D eigenvalue weighted by Crippen LogP contribution is -2.14. The first-order valence-corrected chi connectivity index (χ1v) is 8.30. The molecule has 0 atom stereocenters. The lowest BCUT2D eigenvalue weighted by Gasteiger charge is -2.14. The minimum Gasteiger partial charge on any atom is -0.502 e. The second kappa shape index (κ2) is 6.25. The van der Waals surface area contributed by atoms with E-state index in [-0.39, 0.29) is 10.8 Å². The summed E-state index contributed by atoms with van der Waals surface area (Å²) in [6, 6.07) is 9.87. The Labute approximate surface area is 133 Å².